The fourth-order valence-corrected chi connectivity index (χ4v) is 1.22. The van der Waals surface area contributed by atoms with Gasteiger partial charge < -0.3 is 5.32 Å². The van der Waals surface area contributed by atoms with Gasteiger partial charge >= 0.3 is 0 Å². The average molecular weight is 193 g/mol. The zero-order valence-corrected chi connectivity index (χ0v) is 9.30. The molecule has 0 radical (unpaired) electrons. The highest BCUT2D eigenvalue weighted by Crippen LogP contribution is 2.05. The highest BCUT2D eigenvalue weighted by atomic mass is 15.0. The maximum absolute atomic E-state index is 4.40. The summed E-state index contributed by atoms with van der Waals surface area (Å²) in [5.74, 6) is 0.893. The monoisotopic (exact) mass is 193 g/mol. The first-order valence-electron chi connectivity index (χ1n) is 5.28. The molecule has 0 saturated carbocycles. The Bertz CT molecular complexity index is 284. The highest BCUT2D eigenvalue weighted by molar-refractivity contribution is 5.32. The second-order valence-electron chi connectivity index (χ2n) is 3.56. The van der Waals surface area contributed by atoms with Gasteiger partial charge in [0.1, 0.15) is 5.82 Å². The molecule has 3 nitrogen and oxygen atoms in total. The standard InChI is InChI=1S/C11H19N3/c1-4-5-6-7-12-11-8-13-9(2)10(3)14-11/h8H,4-7H2,1-3H3,(H,12,14). The van der Waals surface area contributed by atoms with Gasteiger partial charge in [0.05, 0.1) is 17.6 Å². The van der Waals surface area contributed by atoms with Gasteiger partial charge in [-0.15, -0.1) is 0 Å². The first-order valence-corrected chi connectivity index (χ1v) is 5.28. The van der Waals surface area contributed by atoms with Gasteiger partial charge in [0.25, 0.3) is 0 Å². The van der Waals surface area contributed by atoms with Crippen molar-refractivity contribution in [2.75, 3.05) is 11.9 Å². The van der Waals surface area contributed by atoms with E-state index in [9.17, 15) is 0 Å². The molecule has 0 aliphatic carbocycles. The average Bonchev–Trinajstić information content (AvgIpc) is 2.18. The summed E-state index contributed by atoms with van der Waals surface area (Å²) in [7, 11) is 0. The molecule has 0 aliphatic heterocycles. The molecular formula is C11H19N3. The summed E-state index contributed by atoms with van der Waals surface area (Å²) < 4.78 is 0. The van der Waals surface area contributed by atoms with Crippen molar-refractivity contribution in [2.24, 2.45) is 0 Å². The summed E-state index contributed by atoms with van der Waals surface area (Å²) in [6.07, 6.45) is 5.52. The molecule has 0 spiro atoms. The Balaban J connectivity index is 2.39. The largest absolute Gasteiger partial charge is 0.369 e. The topological polar surface area (TPSA) is 37.8 Å². The van der Waals surface area contributed by atoms with Crippen molar-refractivity contribution in [3.05, 3.63) is 17.6 Å². The number of nitrogens with one attached hydrogen (secondary N) is 1. The van der Waals surface area contributed by atoms with Gasteiger partial charge in [0.2, 0.25) is 0 Å². The molecule has 0 aromatic carbocycles. The minimum Gasteiger partial charge on any atom is -0.369 e. The molecular weight excluding hydrogens is 174 g/mol. The molecule has 0 unspecified atom stereocenters. The SMILES string of the molecule is CCCCCNc1cnc(C)c(C)n1. The number of nitrogens with zero attached hydrogens (tertiary/aromatic N) is 2. The van der Waals surface area contributed by atoms with Crippen LogP contribution in [0.15, 0.2) is 6.20 Å². The van der Waals surface area contributed by atoms with Crippen molar-refractivity contribution in [1.82, 2.24) is 9.97 Å². The number of anilines is 1. The molecule has 0 fully saturated rings. The third-order valence-electron chi connectivity index (χ3n) is 2.28. The van der Waals surface area contributed by atoms with E-state index in [1.165, 1.54) is 19.3 Å². The molecule has 0 bridgehead atoms. The van der Waals surface area contributed by atoms with E-state index in [2.05, 4.69) is 22.2 Å². The summed E-state index contributed by atoms with van der Waals surface area (Å²) >= 11 is 0. The van der Waals surface area contributed by atoms with E-state index < -0.39 is 0 Å². The van der Waals surface area contributed by atoms with Crippen molar-refractivity contribution < 1.29 is 0 Å². The molecule has 1 N–H and O–H groups in total. The lowest BCUT2D eigenvalue weighted by Crippen LogP contribution is -2.05. The van der Waals surface area contributed by atoms with E-state index in [0.29, 0.717) is 0 Å². The van der Waals surface area contributed by atoms with E-state index in [4.69, 9.17) is 0 Å². The first kappa shape index (κ1) is 11.0. The molecule has 1 heterocycles. The second-order valence-corrected chi connectivity index (χ2v) is 3.56. The van der Waals surface area contributed by atoms with E-state index in [1.807, 2.05) is 13.8 Å². The third kappa shape index (κ3) is 3.32. The number of rotatable bonds is 5. The molecule has 3 heteroatoms. The number of aryl methyl sites for hydroxylation is 2. The molecule has 0 aliphatic rings. The first-order chi connectivity index (χ1) is 6.74. The minimum absolute atomic E-state index is 0.893. The molecule has 0 atom stereocenters. The number of unbranched alkanes of at least 4 members (excludes halogenated alkanes) is 2. The zero-order valence-electron chi connectivity index (χ0n) is 9.30. The molecule has 1 rings (SSSR count). The van der Waals surface area contributed by atoms with Gasteiger partial charge in [-0.25, -0.2) is 4.98 Å². The van der Waals surface area contributed by atoms with Crippen LogP contribution in [0.3, 0.4) is 0 Å². The van der Waals surface area contributed by atoms with Crippen LogP contribution in [-0.2, 0) is 0 Å². The lowest BCUT2D eigenvalue weighted by molar-refractivity contribution is 0.741. The van der Waals surface area contributed by atoms with Crippen LogP contribution in [-0.4, -0.2) is 16.5 Å². The molecule has 0 saturated heterocycles. The van der Waals surface area contributed by atoms with Crippen LogP contribution in [0, 0.1) is 13.8 Å². The van der Waals surface area contributed by atoms with Gasteiger partial charge in [0, 0.05) is 6.54 Å². The molecule has 1 aromatic heterocycles. The molecule has 14 heavy (non-hydrogen) atoms. The number of hydrogen-bond donors (Lipinski definition) is 1. The fourth-order valence-electron chi connectivity index (χ4n) is 1.22. The third-order valence-corrected chi connectivity index (χ3v) is 2.28. The summed E-state index contributed by atoms with van der Waals surface area (Å²) in [5, 5.41) is 3.27. The molecule has 1 aromatic rings. The quantitative estimate of drug-likeness (QED) is 0.731. The Morgan fingerprint density at radius 3 is 2.64 bits per heavy atom. The van der Waals surface area contributed by atoms with Crippen LogP contribution in [0.1, 0.15) is 37.6 Å². The van der Waals surface area contributed by atoms with Gasteiger partial charge in [-0.05, 0) is 20.3 Å². The van der Waals surface area contributed by atoms with E-state index in [-0.39, 0.29) is 0 Å². The van der Waals surface area contributed by atoms with Gasteiger partial charge in [0.15, 0.2) is 0 Å². The predicted molar refractivity (Wildman–Crippen MR) is 59.5 cm³/mol. The van der Waals surface area contributed by atoms with Gasteiger partial charge in [-0.1, -0.05) is 19.8 Å². The van der Waals surface area contributed by atoms with Crippen molar-refractivity contribution in [1.29, 1.82) is 0 Å². The van der Waals surface area contributed by atoms with Crippen LogP contribution < -0.4 is 5.32 Å². The Morgan fingerprint density at radius 1 is 1.21 bits per heavy atom. The van der Waals surface area contributed by atoms with E-state index in [0.717, 1.165) is 23.8 Å². The van der Waals surface area contributed by atoms with Crippen LogP contribution >= 0.6 is 0 Å². The highest BCUT2D eigenvalue weighted by Gasteiger charge is 1.97. The lowest BCUT2D eigenvalue weighted by Gasteiger charge is -2.06. The molecule has 78 valence electrons. The second kappa shape index (κ2) is 5.58. The van der Waals surface area contributed by atoms with Crippen molar-refractivity contribution in [3.8, 4) is 0 Å². The Labute approximate surface area is 86.0 Å². The lowest BCUT2D eigenvalue weighted by atomic mass is 10.2. The Morgan fingerprint density at radius 2 is 2.00 bits per heavy atom. The Hall–Kier alpha value is -1.12. The number of aromatic nitrogens is 2. The van der Waals surface area contributed by atoms with E-state index in [1.54, 1.807) is 6.20 Å². The fraction of sp³-hybridized carbons (Fsp3) is 0.636. The van der Waals surface area contributed by atoms with Crippen LogP contribution in [0.4, 0.5) is 5.82 Å². The Kier molecular flexibility index (Phi) is 4.36. The number of hydrogen-bond acceptors (Lipinski definition) is 3. The summed E-state index contributed by atoms with van der Waals surface area (Å²) in [4.78, 5) is 8.65. The van der Waals surface area contributed by atoms with Crippen molar-refractivity contribution >= 4 is 5.82 Å². The van der Waals surface area contributed by atoms with Crippen LogP contribution in [0.2, 0.25) is 0 Å². The molecule has 0 amide bonds. The van der Waals surface area contributed by atoms with Gasteiger partial charge in [-0.3, -0.25) is 4.98 Å². The summed E-state index contributed by atoms with van der Waals surface area (Å²) in [5.41, 5.74) is 2.01. The summed E-state index contributed by atoms with van der Waals surface area (Å²) in [6, 6.07) is 0. The predicted octanol–water partition coefficient (Wildman–Crippen LogP) is 2.70. The zero-order chi connectivity index (χ0) is 10.4. The van der Waals surface area contributed by atoms with Crippen LogP contribution in [0.5, 0.6) is 0 Å². The maximum atomic E-state index is 4.40. The van der Waals surface area contributed by atoms with Crippen molar-refractivity contribution in [2.45, 2.75) is 40.0 Å². The van der Waals surface area contributed by atoms with Crippen LogP contribution in [0.25, 0.3) is 0 Å². The van der Waals surface area contributed by atoms with Gasteiger partial charge in [-0.2, -0.15) is 0 Å². The maximum Gasteiger partial charge on any atom is 0.144 e. The van der Waals surface area contributed by atoms with Crippen molar-refractivity contribution in [3.63, 3.8) is 0 Å². The smallest absolute Gasteiger partial charge is 0.144 e. The summed E-state index contributed by atoms with van der Waals surface area (Å²) in [6.45, 7) is 7.16. The van der Waals surface area contributed by atoms with E-state index >= 15 is 0 Å². The normalized spacial score (nSPS) is 10.2. The minimum atomic E-state index is 0.893.